The van der Waals surface area contributed by atoms with Crippen LogP contribution >= 0.6 is 46.1 Å². The lowest BCUT2D eigenvalue weighted by molar-refractivity contribution is -0.106. The highest BCUT2D eigenvalue weighted by molar-refractivity contribution is 7.14. The van der Waals surface area contributed by atoms with Gasteiger partial charge in [0, 0.05) is 5.38 Å². The molecule has 110 valence electrons. The van der Waals surface area contributed by atoms with Crippen molar-refractivity contribution < 1.29 is 14.3 Å². The molecule has 0 bridgehead atoms. The van der Waals surface area contributed by atoms with Crippen LogP contribution in [0.3, 0.4) is 0 Å². The van der Waals surface area contributed by atoms with E-state index in [2.05, 4.69) is 10.3 Å². The van der Waals surface area contributed by atoms with E-state index >= 15 is 0 Å². The van der Waals surface area contributed by atoms with Crippen LogP contribution in [0.1, 0.15) is 26.5 Å². The molecule has 0 fully saturated rings. The van der Waals surface area contributed by atoms with Gasteiger partial charge in [0.25, 0.3) is 5.24 Å². The third-order valence-electron chi connectivity index (χ3n) is 1.75. The molecule has 0 aliphatic heterocycles. The van der Waals surface area contributed by atoms with Gasteiger partial charge in [0.2, 0.25) is 0 Å². The number of nitrogens with one attached hydrogen (secondary N) is 1. The number of anilines is 1. The monoisotopic (exact) mass is 356 g/mol. The minimum Gasteiger partial charge on any atom is -0.444 e. The third-order valence-corrected chi connectivity index (χ3v) is 3.08. The fourth-order valence-electron chi connectivity index (χ4n) is 1.11. The number of hydrogen-bond donors (Lipinski definition) is 1. The minimum atomic E-state index is -0.834. The topological polar surface area (TPSA) is 68.3 Å². The second-order valence-corrected chi connectivity index (χ2v) is 6.72. The van der Waals surface area contributed by atoms with E-state index in [0.717, 1.165) is 11.3 Å². The Hall–Kier alpha value is -0.820. The molecule has 9 heteroatoms. The predicted octanol–water partition coefficient (Wildman–Crippen LogP) is 4.40. The summed E-state index contributed by atoms with van der Waals surface area (Å²) in [7, 11) is 0. The molecule has 0 aliphatic rings. The maximum Gasteiger partial charge on any atom is 0.413 e. The molecule has 1 heterocycles. The molecule has 0 aromatic carbocycles. The summed E-state index contributed by atoms with van der Waals surface area (Å²) in [5, 5.41) is 3.33. The summed E-state index contributed by atoms with van der Waals surface area (Å²) in [5.41, 5.74) is -0.564. The quantitative estimate of drug-likeness (QED) is 0.643. The number of ether oxygens (including phenoxy) is 1. The van der Waals surface area contributed by atoms with E-state index in [9.17, 15) is 9.59 Å². The summed E-state index contributed by atoms with van der Waals surface area (Å²) >= 11 is 17.6. The number of thiazole rings is 1. The molecule has 1 rings (SSSR count). The maximum absolute atomic E-state index is 11.6. The van der Waals surface area contributed by atoms with Gasteiger partial charge in [-0.25, -0.2) is 9.78 Å². The van der Waals surface area contributed by atoms with Crippen molar-refractivity contribution in [1.82, 2.24) is 4.98 Å². The maximum atomic E-state index is 11.6. The van der Waals surface area contributed by atoms with Crippen molar-refractivity contribution in [3.8, 4) is 0 Å². The van der Waals surface area contributed by atoms with Crippen LogP contribution in [-0.4, -0.2) is 21.9 Å². The van der Waals surface area contributed by atoms with Gasteiger partial charge in [0.05, 0.1) is 11.3 Å². The zero-order valence-electron chi connectivity index (χ0n) is 10.8. The van der Waals surface area contributed by atoms with Crippen LogP contribution in [0.4, 0.5) is 9.93 Å². The van der Waals surface area contributed by atoms with E-state index in [4.69, 9.17) is 39.5 Å². The molecular formula is C11H11Cl3N2O3S. The molecule has 0 radical (unpaired) electrons. The van der Waals surface area contributed by atoms with Crippen molar-refractivity contribution in [2.75, 3.05) is 5.32 Å². The minimum absolute atomic E-state index is 0.122. The second kappa shape index (κ2) is 6.76. The summed E-state index contributed by atoms with van der Waals surface area (Å²) in [5.74, 6) is 0. The molecular weight excluding hydrogens is 347 g/mol. The Bertz CT molecular complexity index is 560. The van der Waals surface area contributed by atoms with Crippen LogP contribution < -0.4 is 5.32 Å². The number of halogens is 3. The van der Waals surface area contributed by atoms with Crippen molar-refractivity contribution >= 4 is 68.2 Å². The van der Waals surface area contributed by atoms with Gasteiger partial charge >= 0.3 is 6.09 Å². The highest BCUT2D eigenvalue weighted by Gasteiger charge is 2.20. The first kappa shape index (κ1) is 17.2. The summed E-state index contributed by atoms with van der Waals surface area (Å²) in [6.45, 7) is 5.21. The molecule has 0 saturated heterocycles. The number of nitrogens with zero attached hydrogens (tertiary/aromatic N) is 1. The summed E-state index contributed by atoms with van der Waals surface area (Å²) in [4.78, 5) is 26.7. The van der Waals surface area contributed by atoms with Crippen molar-refractivity contribution in [1.29, 1.82) is 0 Å². The average Bonchev–Trinajstić information content (AvgIpc) is 2.61. The molecule has 0 saturated carbocycles. The molecule has 1 aromatic heterocycles. The molecule has 0 atom stereocenters. The van der Waals surface area contributed by atoms with Crippen LogP contribution in [0.2, 0.25) is 0 Å². The average molecular weight is 358 g/mol. The number of rotatable bonds is 3. The Morgan fingerprint density at radius 3 is 2.35 bits per heavy atom. The van der Waals surface area contributed by atoms with Gasteiger partial charge in [-0.2, -0.15) is 0 Å². The van der Waals surface area contributed by atoms with Gasteiger partial charge in [-0.3, -0.25) is 10.1 Å². The first-order valence-corrected chi connectivity index (χ1v) is 7.32. The van der Waals surface area contributed by atoms with Gasteiger partial charge in [-0.1, -0.05) is 23.2 Å². The lowest BCUT2D eigenvalue weighted by Crippen LogP contribution is -2.27. The van der Waals surface area contributed by atoms with E-state index in [1.807, 2.05) is 0 Å². The van der Waals surface area contributed by atoms with Gasteiger partial charge < -0.3 is 4.74 Å². The first-order valence-electron chi connectivity index (χ1n) is 5.31. The van der Waals surface area contributed by atoms with E-state index in [-0.39, 0.29) is 20.9 Å². The molecule has 5 nitrogen and oxygen atoms in total. The normalized spacial score (nSPS) is 10.9. The smallest absolute Gasteiger partial charge is 0.413 e. The molecule has 1 aromatic rings. The molecule has 20 heavy (non-hydrogen) atoms. The Balaban J connectivity index is 2.86. The first-order chi connectivity index (χ1) is 9.10. The largest absolute Gasteiger partial charge is 0.444 e. The van der Waals surface area contributed by atoms with Gasteiger partial charge in [-0.15, -0.1) is 11.3 Å². The van der Waals surface area contributed by atoms with Gasteiger partial charge in [0.15, 0.2) is 5.13 Å². The molecule has 0 aliphatic carbocycles. The lowest BCUT2D eigenvalue weighted by atomic mass is 10.2. The summed E-state index contributed by atoms with van der Waals surface area (Å²) in [6.07, 6.45) is -0.655. The van der Waals surface area contributed by atoms with Gasteiger partial charge in [0.1, 0.15) is 10.1 Å². The Morgan fingerprint density at radius 2 is 1.90 bits per heavy atom. The Kier molecular flexibility index (Phi) is 5.82. The Labute approximate surface area is 134 Å². The van der Waals surface area contributed by atoms with Crippen molar-refractivity contribution in [2.24, 2.45) is 0 Å². The number of carbonyl (C=O) groups is 2. The SMILES string of the molecule is CC(C)(C)OC(=O)Nc1nc(C(C(=O)Cl)=C(Cl)Cl)cs1. The van der Waals surface area contributed by atoms with Crippen LogP contribution in [-0.2, 0) is 9.53 Å². The van der Waals surface area contributed by atoms with Crippen LogP contribution in [0.25, 0.3) is 5.57 Å². The fraction of sp³-hybridized carbons (Fsp3) is 0.364. The fourth-order valence-corrected chi connectivity index (χ4v) is 2.45. The van der Waals surface area contributed by atoms with E-state index in [0.29, 0.717) is 0 Å². The molecule has 0 spiro atoms. The number of hydrogen-bond acceptors (Lipinski definition) is 5. The third kappa shape index (κ3) is 5.28. The number of allylic oxidation sites excluding steroid dienone is 1. The zero-order chi connectivity index (χ0) is 15.5. The lowest BCUT2D eigenvalue weighted by Gasteiger charge is -2.18. The van der Waals surface area contributed by atoms with E-state index in [1.54, 1.807) is 20.8 Å². The highest BCUT2D eigenvalue weighted by Crippen LogP contribution is 2.29. The Morgan fingerprint density at radius 1 is 1.30 bits per heavy atom. The zero-order valence-corrected chi connectivity index (χ0v) is 13.9. The summed E-state index contributed by atoms with van der Waals surface area (Å²) in [6, 6.07) is 0. The second-order valence-electron chi connectivity index (χ2n) is 4.57. The number of aromatic nitrogens is 1. The number of amides is 1. The van der Waals surface area contributed by atoms with Gasteiger partial charge in [-0.05, 0) is 32.4 Å². The molecule has 0 unspecified atom stereocenters. The van der Waals surface area contributed by atoms with Crippen molar-refractivity contribution in [2.45, 2.75) is 26.4 Å². The van der Waals surface area contributed by atoms with Crippen molar-refractivity contribution in [3.63, 3.8) is 0 Å². The van der Waals surface area contributed by atoms with Crippen LogP contribution in [0.5, 0.6) is 0 Å². The molecule has 1 amide bonds. The van der Waals surface area contributed by atoms with E-state index < -0.39 is 16.9 Å². The highest BCUT2D eigenvalue weighted by atomic mass is 35.5. The van der Waals surface area contributed by atoms with E-state index in [1.165, 1.54) is 5.38 Å². The predicted molar refractivity (Wildman–Crippen MR) is 81.5 cm³/mol. The number of carbonyl (C=O) groups excluding carboxylic acids is 2. The standard InChI is InChI=1S/C11H11Cl3N2O3S/c1-11(2,3)19-10(18)16-9-15-5(4-20-9)6(7(12)13)8(14)17/h4H,1-3H3,(H,15,16,18). The molecule has 1 N–H and O–H groups in total. The summed E-state index contributed by atoms with van der Waals surface area (Å²) < 4.78 is 4.77. The van der Waals surface area contributed by atoms with Crippen LogP contribution in [0.15, 0.2) is 9.87 Å². The van der Waals surface area contributed by atoms with Crippen molar-refractivity contribution in [3.05, 3.63) is 15.6 Å². The van der Waals surface area contributed by atoms with Crippen LogP contribution in [0, 0.1) is 0 Å².